The topological polar surface area (TPSA) is 128 Å². The van der Waals surface area contributed by atoms with Crippen molar-refractivity contribution in [2.45, 2.75) is 32.7 Å². The van der Waals surface area contributed by atoms with Gasteiger partial charge in [0, 0.05) is 18.5 Å². The van der Waals surface area contributed by atoms with Gasteiger partial charge in [-0.05, 0) is 28.3 Å². The van der Waals surface area contributed by atoms with Crippen molar-refractivity contribution >= 4 is 29.4 Å². The van der Waals surface area contributed by atoms with Crippen LogP contribution in [0.1, 0.15) is 47.2 Å². The van der Waals surface area contributed by atoms with Crippen LogP contribution in [0.5, 0.6) is 0 Å². The zero-order valence-corrected chi connectivity index (χ0v) is 20.3. The molecule has 2 aromatic carbocycles. The van der Waals surface area contributed by atoms with Crippen molar-refractivity contribution in [3.63, 3.8) is 0 Å². The Bertz CT molecular complexity index is 1320. The number of unbranched alkanes of at least 4 members (excludes halogenated alkanes) is 1. The lowest BCUT2D eigenvalue weighted by Crippen LogP contribution is -2.17. The number of hydrogen-bond donors (Lipinski definition) is 1. The van der Waals surface area contributed by atoms with E-state index in [2.05, 4.69) is 32.1 Å². The molecule has 10 nitrogen and oxygen atoms in total. The van der Waals surface area contributed by atoms with E-state index < -0.39 is 18.9 Å². The molecule has 4 rings (SSSR count). The highest BCUT2D eigenvalue weighted by Gasteiger charge is 2.24. The summed E-state index contributed by atoms with van der Waals surface area (Å²) in [6.45, 7) is 2.10. The summed E-state index contributed by atoms with van der Waals surface area (Å²) >= 11 is 6.30. The first-order chi connectivity index (χ1) is 17.5. The summed E-state index contributed by atoms with van der Waals surface area (Å²) in [4.78, 5) is 27.6. The maximum atomic E-state index is 12.7. The maximum Gasteiger partial charge on any atom is 0.508 e. The van der Waals surface area contributed by atoms with Gasteiger partial charge in [-0.2, -0.15) is 5.11 Å². The first-order valence-corrected chi connectivity index (χ1v) is 11.8. The number of carbonyl (C=O) groups is 2. The van der Waals surface area contributed by atoms with Gasteiger partial charge in [-0.1, -0.05) is 73.5 Å². The molecule has 0 aliphatic carbocycles. The number of ether oxygens (including phenoxy) is 2. The Balaban J connectivity index is 1.60. The van der Waals surface area contributed by atoms with Gasteiger partial charge in [0.1, 0.15) is 12.4 Å². The second-order valence-electron chi connectivity index (χ2n) is 8.00. The number of carbonyl (C=O) groups excluding carboxylic acids is 1. The Kier molecular flexibility index (Phi) is 8.06. The van der Waals surface area contributed by atoms with Crippen LogP contribution >= 0.6 is 11.6 Å². The number of rotatable bonds is 10. The first-order valence-electron chi connectivity index (χ1n) is 11.4. The van der Waals surface area contributed by atoms with Crippen LogP contribution in [-0.2, 0) is 22.4 Å². The summed E-state index contributed by atoms with van der Waals surface area (Å²) < 4.78 is 10.9. The predicted molar refractivity (Wildman–Crippen MR) is 132 cm³/mol. The van der Waals surface area contributed by atoms with E-state index in [-0.39, 0.29) is 10.8 Å². The number of esters is 1. The van der Waals surface area contributed by atoms with Gasteiger partial charge in [0.15, 0.2) is 10.8 Å². The maximum absolute atomic E-state index is 12.7. The zero-order valence-electron chi connectivity index (χ0n) is 19.6. The first kappa shape index (κ1) is 25.1. The summed E-state index contributed by atoms with van der Waals surface area (Å²) in [6, 6.07) is 15.9. The van der Waals surface area contributed by atoms with Crippen molar-refractivity contribution in [3.8, 4) is 11.1 Å². The van der Waals surface area contributed by atoms with Crippen molar-refractivity contribution in [3.05, 3.63) is 76.3 Å². The molecule has 0 saturated heterocycles. The molecule has 0 saturated carbocycles. The van der Waals surface area contributed by atoms with E-state index in [1.807, 2.05) is 48.5 Å². The molecule has 3 aromatic rings. The van der Waals surface area contributed by atoms with Gasteiger partial charge in [-0.15, -0.1) is 5.10 Å². The summed E-state index contributed by atoms with van der Waals surface area (Å²) in [6.07, 6.45) is 0.883. The molecule has 0 atom stereocenters. The molecular formula is C25H24ClN5O5. The summed E-state index contributed by atoms with van der Waals surface area (Å²) in [7, 11) is 0. The van der Waals surface area contributed by atoms with Crippen molar-refractivity contribution in [2.75, 3.05) is 13.3 Å². The molecule has 0 bridgehead atoms. The van der Waals surface area contributed by atoms with E-state index >= 15 is 0 Å². The molecule has 1 aromatic heterocycles. The Morgan fingerprint density at radius 1 is 1.08 bits per heavy atom. The highest BCUT2D eigenvalue weighted by atomic mass is 35.5. The highest BCUT2D eigenvalue weighted by molar-refractivity contribution is 6.32. The van der Waals surface area contributed by atoms with E-state index in [9.17, 15) is 9.59 Å². The molecule has 1 aliphatic heterocycles. The van der Waals surface area contributed by atoms with Gasteiger partial charge in [-0.25, -0.2) is 14.6 Å². The van der Waals surface area contributed by atoms with E-state index in [0.29, 0.717) is 25.3 Å². The molecule has 36 heavy (non-hydrogen) atoms. The van der Waals surface area contributed by atoms with Crippen molar-refractivity contribution in [2.24, 2.45) is 15.4 Å². The van der Waals surface area contributed by atoms with Crippen molar-refractivity contribution < 1.29 is 24.2 Å². The molecule has 0 fully saturated rings. The van der Waals surface area contributed by atoms with Crippen LogP contribution in [0, 0.1) is 0 Å². The van der Waals surface area contributed by atoms with E-state index in [1.54, 1.807) is 4.57 Å². The average molecular weight is 510 g/mol. The smallest absolute Gasteiger partial charge is 0.450 e. The molecule has 0 unspecified atom stereocenters. The summed E-state index contributed by atoms with van der Waals surface area (Å²) in [5.41, 5.74) is 4.79. The van der Waals surface area contributed by atoms with Gasteiger partial charge >= 0.3 is 12.1 Å². The normalized spacial score (nSPS) is 12.4. The molecule has 2 heterocycles. The lowest BCUT2D eigenvalue weighted by molar-refractivity contribution is -0.0174. The SMILES string of the molecule is CCCCc1nc(Cl)c(C(=O)OCOC(=O)O)n1Cc1ccc(-c2ccccc2C2=NN=NC2)cc1. The van der Waals surface area contributed by atoms with E-state index in [0.717, 1.165) is 40.8 Å². The minimum Gasteiger partial charge on any atom is -0.450 e. The lowest BCUT2D eigenvalue weighted by atomic mass is 9.96. The van der Waals surface area contributed by atoms with Crippen LogP contribution in [0.25, 0.3) is 11.1 Å². The fourth-order valence-electron chi connectivity index (χ4n) is 3.87. The average Bonchev–Trinajstić information content (AvgIpc) is 3.51. The molecular weight excluding hydrogens is 486 g/mol. The fourth-order valence-corrected chi connectivity index (χ4v) is 4.15. The van der Waals surface area contributed by atoms with Crippen LogP contribution < -0.4 is 0 Å². The number of carboxylic acid groups (broad SMARTS) is 1. The second-order valence-corrected chi connectivity index (χ2v) is 8.35. The lowest BCUT2D eigenvalue weighted by Gasteiger charge is -2.13. The third-order valence-corrected chi connectivity index (χ3v) is 5.88. The Morgan fingerprint density at radius 2 is 1.83 bits per heavy atom. The van der Waals surface area contributed by atoms with Crippen LogP contribution in [0.3, 0.4) is 0 Å². The van der Waals surface area contributed by atoms with Gasteiger partial charge in [0.2, 0.25) is 6.79 Å². The van der Waals surface area contributed by atoms with Crippen LogP contribution in [0.15, 0.2) is 64.0 Å². The minimum absolute atomic E-state index is 0.000132. The number of hydrogen-bond acceptors (Lipinski definition) is 8. The molecule has 0 spiro atoms. The molecule has 1 N–H and O–H groups in total. The Morgan fingerprint density at radius 3 is 2.50 bits per heavy atom. The zero-order chi connectivity index (χ0) is 25.5. The van der Waals surface area contributed by atoms with Gasteiger partial charge < -0.3 is 19.1 Å². The van der Waals surface area contributed by atoms with E-state index in [1.165, 1.54) is 0 Å². The number of halogens is 1. The molecule has 186 valence electrons. The third-order valence-electron chi connectivity index (χ3n) is 5.62. The quantitative estimate of drug-likeness (QED) is 0.281. The Hall–Kier alpha value is -4.05. The van der Waals surface area contributed by atoms with Gasteiger partial charge in [0.05, 0.1) is 5.71 Å². The second kappa shape index (κ2) is 11.6. The number of imidazole rings is 1. The molecule has 11 heteroatoms. The fraction of sp³-hybridized carbons (Fsp3) is 0.280. The van der Waals surface area contributed by atoms with Crippen LogP contribution in [0.4, 0.5) is 4.79 Å². The molecule has 1 aliphatic rings. The number of aromatic nitrogens is 2. The summed E-state index contributed by atoms with van der Waals surface area (Å²) in [5, 5.41) is 20.4. The highest BCUT2D eigenvalue weighted by Crippen LogP contribution is 2.27. The standard InChI is InChI=1S/C25H24ClN5O5/c1-2-3-8-21-28-23(26)22(24(32)35-15-36-25(33)34)31(21)14-16-9-11-17(12-10-16)18-6-4-5-7-19(18)20-13-27-30-29-20/h4-7,9-12H,2-3,8,13-15H2,1H3,(H,33,34). The molecule has 0 radical (unpaired) electrons. The van der Waals surface area contributed by atoms with Crippen molar-refractivity contribution in [1.82, 2.24) is 9.55 Å². The van der Waals surface area contributed by atoms with Gasteiger partial charge in [0.25, 0.3) is 0 Å². The summed E-state index contributed by atoms with van der Waals surface area (Å²) in [5.74, 6) is -0.163. The van der Waals surface area contributed by atoms with Crippen molar-refractivity contribution in [1.29, 1.82) is 0 Å². The Labute approximate surface area is 212 Å². The largest absolute Gasteiger partial charge is 0.508 e. The number of aryl methyl sites for hydroxylation is 1. The minimum atomic E-state index is -1.54. The number of nitrogens with zero attached hydrogens (tertiary/aromatic N) is 5. The number of benzene rings is 2. The van der Waals surface area contributed by atoms with Crippen LogP contribution in [-0.4, -0.2) is 45.8 Å². The van der Waals surface area contributed by atoms with Crippen LogP contribution in [0.2, 0.25) is 5.15 Å². The van der Waals surface area contributed by atoms with Gasteiger partial charge in [-0.3, -0.25) is 0 Å². The third kappa shape index (κ3) is 5.77. The van der Waals surface area contributed by atoms with E-state index in [4.69, 9.17) is 21.4 Å². The monoisotopic (exact) mass is 509 g/mol. The predicted octanol–water partition coefficient (Wildman–Crippen LogP) is 5.57. The molecule has 0 amide bonds.